The molecule has 1 saturated heterocycles. The van der Waals surface area contributed by atoms with Crippen LogP contribution in [-0.4, -0.2) is 27.0 Å². The maximum atomic E-state index is 13.9. The molecule has 3 rings (SSSR count). The highest BCUT2D eigenvalue weighted by molar-refractivity contribution is 6.33. The number of anilines is 1. The summed E-state index contributed by atoms with van der Waals surface area (Å²) in [6.07, 6.45) is 2.07. The molecule has 0 aliphatic carbocycles. The molecule has 26 heavy (non-hydrogen) atoms. The van der Waals surface area contributed by atoms with Crippen LogP contribution in [0.25, 0.3) is 5.69 Å². The Morgan fingerprint density at radius 3 is 2.58 bits per heavy atom. The van der Waals surface area contributed by atoms with Crippen molar-refractivity contribution < 1.29 is 13.5 Å². The van der Waals surface area contributed by atoms with E-state index in [0.29, 0.717) is 18.2 Å². The van der Waals surface area contributed by atoms with Crippen LogP contribution in [0.4, 0.5) is 14.5 Å². The summed E-state index contributed by atoms with van der Waals surface area (Å²) in [6, 6.07) is 2.78. The Labute approximate surface area is 154 Å². The van der Waals surface area contributed by atoms with Gasteiger partial charge in [0.1, 0.15) is 16.5 Å². The lowest BCUT2D eigenvalue weighted by Crippen LogP contribution is -2.38. The number of ether oxygens (including phenoxy) is 1. The molecule has 0 saturated carbocycles. The van der Waals surface area contributed by atoms with E-state index in [2.05, 4.69) is 10.4 Å². The molecule has 0 bridgehead atoms. The maximum Gasteiger partial charge on any atom is 0.292 e. The number of benzene rings is 1. The molecule has 0 radical (unpaired) electrons. The van der Waals surface area contributed by atoms with E-state index in [1.807, 2.05) is 27.7 Å². The van der Waals surface area contributed by atoms with Gasteiger partial charge >= 0.3 is 0 Å². The normalized spacial score (nSPS) is 21.0. The van der Waals surface area contributed by atoms with Crippen LogP contribution in [0.3, 0.4) is 0 Å². The minimum absolute atomic E-state index is 0.0883. The zero-order valence-corrected chi connectivity index (χ0v) is 15.7. The minimum atomic E-state index is -0.900. The molecule has 2 aromatic rings. The van der Waals surface area contributed by atoms with Gasteiger partial charge in [0.15, 0.2) is 5.82 Å². The first-order valence-corrected chi connectivity index (χ1v) is 8.58. The summed E-state index contributed by atoms with van der Waals surface area (Å²) in [5, 5.41) is 7.07. The predicted molar refractivity (Wildman–Crippen MR) is 96.0 cm³/mol. The summed E-state index contributed by atoms with van der Waals surface area (Å²) < 4.78 is 33.8. The van der Waals surface area contributed by atoms with Gasteiger partial charge < -0.3 is 10.1 Å². The van der Waals surface area contributed by atoms with Crippen LogP contribution in [0.1, 0.15) is 34.1 Å². The van der Waals surface area contributed by atoms with Crippen LogP contribution < -0.4 is 10.9 Å². The monoisotopic (exact) mass is 383 g/mol. The Kier molecular flexibility index (Phi) is 4.56. The molecule has 1 N–H and O–H groups in total. The summed E-state index contributed by atoms with van der Waals surface area (Å²) in [6.45, 7) is 7.89. The Hall–Kier alpha value is -1.99. The molecule has 1 aliphatic rings. The van der Waals surface area contributed by atoms with Gasteiger partial charge in [0.2, 0.25) is 0 Å². The van der Waals surface area contributed by atoms with Gasteiger partial charge in [-0.2, -0.15) is 9.78 Å². The SMILES string of the molecule is CC1(C)CC(Nc2cnn(-c3ccc(F)cc3F)c(=O)c2Cl)C(C)(C)O1. The third kappa shape index (κ3) is 3.46. The summed E-state index contributed by atoms with van der Waals surface area (Å²) in [4.78, 5) is 12.5. The third-order valence-electron chi connectivity index (χ3n) is 4.46. The molecule has 1 unspecified atom stereocenters. The Bertz CT molecular complexity index is 912. The van der Waals surface area contributed by atoms with E-state index < -0.39 is 22.8 Å². The van der Waals surface area contributed by atoms with Gasteiger partial charge in [-0.1, -0.05) is 11.6 Å². The van der Waals surface area contributed by atoms with Crippen molar-refractivity contribution in [2.24, 2.45) is 0 Å². The number of hydrogen-bond donors (Lipinski definition) is 1. The predicted octanol–water partition coefficient (Wildman–Crippen LogP) is 3.92. The molecule has 140 valence electrons. The average Bonchev–Trinajstić information content (AvgIpc) is 2.72. The van der Waals surface area contributed by atoms with E-state index in [4.69, 9.17) is 16.3 Å². The first-order valence-electron chi connectivity index (χ1n) is 8.20. The number of hydrogen-bond acceptors (Lipinski definition) is 4. The Morgan fingerprint density at radius 1 is 1.31 bits per heavy atom. The van der Waals surface area contributed by atoms with Crippen molar-refractivity contribution in [1.82, 2.24) is 9.78 Å². The van der Waals surface area contributed by atoms with Crippen molar-refractivity contribution in [2.75, 3.05) is 5.32 Å². The second-order valence-corrected chi connectivity index (χ2v) is 7.93. The lowest BCUT2D eigenvalue weighted by atomic mass is 9.94. The van der Waals surface area contributed by atoms with Gasteiger partial charge in [0, 0.05) is 6.07 Å². The zero-order valence-electron chi connectivity index (χ0n) is 14.9. The molecule has 2 heterocycles. The van der Waals surface area contributed by atoms with E-state index in [9.17, 15) is 13.6 Å². The number of nitrogens with one attached hydrogen (secondary N) is 1. The molecule has 1 aliphatic heterocycles. The third-order valence-corrected chi connectivity index (χ3v) is 4.83. The zero-order chi connectivity index (χ0) is 19.3. The van der Waals surface area contributed by atoms with E-state index in [1.165, 1.54) is 6.20 Å². The summed E-state index contributed by atoms with van der Waals surface area (Å²) in [5.74, 6) is -1.64. The molecule has 0 spiro atoms. The van der Waals surface area contributed by atoms with Crippen molar-refractivity contribution in [3.8, 4) is 5.69 Å². The standard InChI is InChI=1S/C18H20ClF2N3O2/c1-17(2)8-14(18(3,4)26-17)23-12-9-22-24(16(25)15(12)19)13-6-5-10(20)7-11(13)21/h5-7,9,14,23H,8H2,1-4H3. The summed E-state index contributed by atoms with van der Waals surface area (Å²) in [5.41, 5.74) is -1.30. The van der Waals surface area contributed by atoms with Crippen LogP contribution >= 0.6 is 11.6 Å². The van der Waals surface area contributed by atoms with Gasteiger partial charge in [0.05, 0.1) is 29.1 Å². The molecule has 1 aromatic heterocycles. The first kappa shape index (κ1) is 18.8. The highest BCUT2D eigenvalue weighted by Crippen LogP contribution is 2.39. The van der Waals surface area contributed by atoms with Crippen LogP contribution in [0.15, 0.2) is 29.2 Å². The van der Waals surface area contributed by atoms with E-state index in [-0.39, 0.29) is 22.4 Å². The Balaban J connectivity index is 1.95. The van der Waals surface area contributed by atoms with Gasteiger partial charge in [-0.15, -0.1) is 0 Å². The maximum absolute atomic E-state index is 13.9. The fraction of sp³-hybridized carbons (Fsp3) is 0.444. The lowest BCUT2D eigenvalue weighted by Gasteiger charge is -2.28. The molecule has 5 nitrogen and oxygen atoms in total. The second-order valence-electron chi connectivity index (χ2n) is 7.55. The van der Waals surface area contributed by atoms with E-state index in [1.54, 1.807) is 0 Å². The van der Waals surface area contributed by atoms with Crippen molar-refractivity contribution >= 4 is 17.3 Å². The number of aromatic nitrogens is 2. The van der Waals surface area contributed by atoms with E-state index >= 15 is 0 Å². The van der Waals surface area contributed by atoms with Crippen LogP contribution in [-0.2, 0) is 4.74 Å². The first-order chi connectivity index (χ1) is 12.0. The van der Waals surface area contributed by atoms with Crippen molar-refractivity contribution in [3.05, 3.63) is 51.4 Å². The fourth-order valence-corrected chi connectivity index (χ4v) is 3.52. The van der Waals surface area contributed by atoms with Crippen LogP contribution in [0, 0.1) is 11.6 Å². The van der Waals surface area contributed by atoms with Crippen molar-refractivity contribution in [3.63, 3.8) is 0 Å². The van der Waals surface area contributed by atoms with Gasteiger partial charge in [-0.3, -0.25) is 4.79 Å². The molecule has 1 aromatic carbocycles. The quantitative estimate of drug-likeness (QED) is 0.872. The molecular formula is C18H20ClF2N3O2. The highest BCUT2D eigenvalue weighted by atomic mass is 35.5. The molecule has 1 fully saturated rings. The fourth-order valence-electron chi connectivity index (χ4n) is 3.33. The topological polar surface area (TPSA) is 56.2 Å². The lowest BCUT2D eigenvalue weighted by molar-refractivity contribution is -0.0662. The van der Waals surface area contributed by atoms with E-state index in [0.717, 1.165) is 16.8 Å². The Morgan fingerprint density at radius 2 is 2.00 bits per heavy atom. The second kappa shape index (κ2) is 6.32. The molecular weight excluding hydrogens is 364 g/mol. The van der Waals surface area contributed by atoms with Gasteiger partial charge in [-0.05, 0) is 46.2 Å². The number of nitrogens with zero attached hydrogens (tertiary/aromatic N) is 2. The van der Waals surface area contributed by atoms with Gasteiger partial charge in [-0.25, -0.2) is 8.78 Å². The molecule has 8 heteroatoms. The molecule has 1 atom stereocenters. The van der Waals surface area contributed by atoms with Crippen molar-refractivity contribution in [2.45, 2.75) is 51.4 Å². The minimum Gasteiger partial charge on any atom is -0.377 e. The molecule has 0 amide bonds. The smallest absolute Gasteiger partial charge is 0.292 e. The van der Waals surface area contributed by atoms with Crippen LogP contribution in [0.5, 0.6) is 0 Å². The van der Waals surface area contributed by atoms with Crippen LogP contribution in [0.2, 0.25) is 5.02 Å². The van der Waals surface area contributed by atoms with Gasteiger partial charge in [0.25, 0.3) is 5.56 Å². The number of halogens is 3. The summed E-state index contributed by atoms with van der Waals surface area (Å²) >= 11 is 6.20. The van der Waals surface area contributed by atoms with Crippen molar-refractivity contribution in [1.29, 1.82) is 0 Å². The number of rotatable bonds is 3. The average molecular weight is 384 g/mol. The highest BCUT2D eigenvalue weighted by Gasteiger charge is 2.46. The summed E-state index contributed by atoms with van der Waals surface area (Å²) in [7, 11) is 0. The largest absolute Gasteiger partial charge is 0.377 e.